The van der Waals surface area contributed by atoms with Crippen molar-refractivity contribution in [3.63, 3.8) is 0 Å². The summed E-state index contributed by atoms with van der Waals surface area (Å²) in [6, 6.07) is 8.98. The summed E-state index contributed by atoms with van der Waals surface area (Å²) < 4.78 is 0. The Hall–Kier alpha value is -2.10. The highest BCUT2D eigenvalue weighted by Crippen LogP contribution is 2.53. The number of aromatic amines is 1. The molecule has 0 spiro atoms. The zero-order chi connectivity index (χ0) is 16.5. The van der Waals surface area contributed by atoms with Gasteiger partial charge in [-0.15, -0.1) is 0 Å². The van der Waals surface area contributed by atoms with Gasteiger partial charge >= 0.3 is 0 Å². The van der Waals surface area contributed by atoms with Crippen LogP contribution in [0.15, 0.2) is 30.6 Å². The summed E-state index contributed by atoms with van der Waals surface area (Å²) in [6.45, 7) is 8.38. The molecule has 4 nitrogen and oxygen atoms in total. The molecule has 5 rings (SSSR count). The van der Waals surface area contributed by atoms with E-state index in [1.54, 1.807) is 6.33 Å². The second kappa shape index (κ2) is 4.50. The summed E-state index contributed by atoms with van der Waals surface area (Å²) in [5.74, 6) is 1.09. The number of nitrogens with zero attached hydrogens (tertiary/aromatic N) is 3. The van der Waals surface area contributed by atoms with E-state index in [2.05, 4.69) is 59.9 Å². The van der Waals surface area contributed by atoms with Crippen molar-refractivity contribution < 1.29 is 0 Å². The second-order valence-corrected chi connectivity index (χ2v) is 8.93. The van der Waals surface area contributed by atoms with E-state index in [-0.39, 0.29) is 0 Å². The smallest absolute Gasteiger partial charge is 0.156 e. The number of nitrogens with one attached hydrogen (secondary N) is 1. The molecule has 24 heavy (non-hydrogen) atoms. The van der Waals surface area contributed by atoms with Crippen LogP contribution in [-0.2, 0) is 0 Å². The van der Waals surface area contributed by atoms with Crippen molar-refractivity contribution >= 4 is 27.8 Å². The minimum atomic E-state index is 0.399. The first kappa shape index (κ1) is 14.3. The maximum absolute atomic E-state index is 4.71. The van der Waals surface area contributed by atoms with Gasteiger partial charge in [-0.1, -0.05) is 39.0 Å². The molecule has 2 aliphatic rings. The highest BCUT2D eigenvalue weighted by atomic mass is 15.3. The number of para-hydroxylation sites is 1. The van der Waals surface area contributed by atoms with E-state index < -0.39 is 0 Å². The molecule has 0 unspecified atom stereocenters. The van der Waals surface area contributed by atoms with E-state index >= 15 is 0 Å². The monoisotopic (exact) mass is 320 g/mol. The van der Waals surface area contributed by atoms with Crippen molar-refractivity contribution in [2.24, 2.45) is 10.8 Å². The number of anilines is 1. The van der Waals surface area contributed by atoms with Gasteiger partial charge in [-0.05, 0) is 36.2 Å². The highest BCUT2D eigenvalue weighted by Gasteiger charge is 2.50. The number of fused-ring (bicyclic) bond motifs is 5. The van der Waals surface area contributed by atoms with Gasteiger partial charge in [-0.2, -0.15) is 0 Å². The van der Waals surface area contributed by atoms with E-state index in [1.807, 2.05) is 0 Å². The van der Waals surface area contributed by atoms with Crippen molar-refractivity contribution in [2.75, 3.05) is 11.4 Å². The fourth-order valence-electron chi connectivity index (χ4n) is 5.55. The Kier molecular flexibility index (Phi) is 2.67. The van der Waals surface area contributed by atoms with Crippen molar-refractivity contribution in [3.05, 3.63) is 30.6 Å². The minimum Gasteiger partial charge on any atom is -0.351 e. The molecule has 1 N–H and O–H groups in total. The van der Waals surface area contributed by atoms with E-state index in [0.717, 1.165) is 28.9 Å². The largest absolute Gasteiger partial charge is 0.351 e. The average molecular weight is 320 g/mol. The lowest BCUT2D eigenvalue weighted by Gasteiger charge is -2.39. The van der Waals surface area contributed by atoms with Crippen LogP contribution in [0.2, 0.25) is 0 Å². The molecule has 2 bridgehead atoms. The Labute approximate surface area is 142 Å². The molecule has 4 heteroatoms. The van der Waals surface area contributed by atoms with Crippen molar-refractivity contribution in [1.29, 1.82) is 0 Å². The summed E-state index contributed by atoms with van der Waals surface area (Å²) in [4.78, 5) is 15.4. The fraction of sp³-hybridized carbons (Fsp3) is 0.500. The third-order valence-electron chi connectivity index (χ3n) is 5.96. The molecule has 2 atom stereocenters. The Morgan fingerprint density at radius 2 is 1.96 bits per heavy atom. The molecular weight excluding hydrogens is 296 g/mol. The molecule has 1 saturated heterocycles. The Morgan fingerprint density at radius 3 is 2.83 bits per heavy atom. The molecule has 1 saturated carbocycles. The maximum Gasteiger partial charge on any atom is 0.156 e. The average Bonchev–Trinajstić information content (AvgIpc) is 3.00. The van der Waals surface area contributed by atoms with Crippen LogP contribution in [0.3, 0.4) is 0 Å². The van der Waals surface area contributed by atoms with Gasteiger partial charge in [-0.25, -0.2) is 9.97 Å². The SMILES string of the molecule is CC1(C)C[C@H]2C[C@@](C)(CN2c2ncnc3c2[nH]c2ccccc23)C1. The topological polar surface area (TPSA) is 44.8 Å². The number of rotatable bonds is 1. The Balaban J connectivity index is 1.68. The number of aromatic nitrogens is 3. The predicted molar refractivity (Wildman–Crippen MR) is 98.3 cm³/mol. The van der Waals surface area contributed by atoms with E-state index in [9.17, 15) is 0 Å². The van der Waals surface area contributed by atoms with Crippen LogP contribution in [0.1, 0.15) is 40.0 Å². The third kappa shape index (κ3) is 1.98. The molecule has 3 heterocycles. The molecule has 2 aromatic heterocycles. The summed E-state index contributed by atoms with van der Waals surface area (Å²) in [5, 5.41) is 1.19. The lowest BCUT2D eigenvalue weighted by molar-refractivity contribution is 0.136. The quantitative estimate of drug-likeness (QED) is 0.717. The van der Waals surface area contributed by atoms with Gasteiger partial charge in [0.05, 0.1) is 0 Å². The van der Waals surface area contributed by atoms with E-state index in [0.29, 0.717) is 16.9 Å². The Bertz CT molecular complexity index is 941. The number of hydrogen-bond donors (Lipinski definition) is 1. The molecule has 0 amide bonds. The third-order valence-corrected chi connectivity index (χ3v) is 5.96. The molecule has 1 aromatic carbocycles. The zero-order valence-corrected chi connectivity index (χ0v) is 14.6. The fourth-order valence-corrected chi connectivity index (χ4v) is 5.55. The Morgan fingerprint density at radius 1 is 1.12 bits per heavy atom. The molecule has 1 aliphatic heterocycles. The number of hydrogen-bond acceptors (Lipinski definition) is 3. The van der Waals surface area contributed by atoms with Gasteiger partial charge in [0.15, 0.2) is 5.82 Å². The molecule has 0 radical (unpaired) electrons. The van der Waals surface area contributed by atoms with Crippen LogP contribution in [0.4, 0.5) is 5.82 Å². The summed E-state index contributed by atoms with van der Waals surface area (Å²) in [5.41, 5.74) is 4.09. The summed E-state index contributed by atoms with van der Waals surface area (Å²) >= 11 is 0. The van der Waals surface area contributed by atoms with Gasteiger partial charge in [0.25, 0.3) is 0 Å². The zero-order valence-electron chi connectivity index (χ0n) is 14.6. The van der Waals surface area contributed by atoms with E-state index in [1.165, 1.54) is 24.6 Å². The molecular formula is C20H24N4. The van der Waals surface area contributed by atoms with Crippen molar-refractivity contribution in [3.8, 4) is 0 Å². The summed E-state index contributed by atoms with van der Waals surface area (Å²) in [7, 11) is 0. The highest BCUT2D eigenvalue weighted by molar-refractivity contribution is 6.08. The lowest BCUT2D eigenvalue weighted by Crippen LogP contribution is -2.35. The van der Waals surface area contributed by atoms with Crippen molar-refractivity contribution in [1.82, 2.24) is 15.0 Å². The van der Waals surface area contributed by atoms with Crippen LogP contribution in [0.5, 0.6) is 0 Å². The maximum atomic E-state index is 4.71. The summed E-state index contributed by atoms with van der Waals surface area (Å²) in [6.07, 6.45) is 5.55. The van der Waals surface area contributed by atoms with Gasteiger partial charge in [0, 0.05) is 23.5 Å². The second-order valence-electron chi connectivity index (χ2n) is 8.93. The first-order valence-corrected chi connectivity index (χ1v) is 8.92. The van der Waals surface area contributed by atoms with Crippen LogP contribution in [0.25, 0.3) is 21.9 Å². The molecule has 3 aromatic rings. The standard InChI is InChI=1S/C20H24N4/c1-19(2)8-13-9-20(3,10-19)11-24(13)18-17-16(21-12-22-18)14-6-4-5-7-15(14)23-17/h4-7,12-13,23H,8-11H2,1-3H3/t13-,20+/m0/s1. The normalized spacial score (nSPS) is 28.8. The van der Waals surface area contributed by atoms with Gasteiger partial charge < -0.3 is 9.88 Å². The minimum absolute atomic E-state index is 0.399. The molecule has 124 valence electrons. The van der Waals surface area contributed by atoms with Gasteiger partial charge in [0.1, 0.15) is 17.4 Å². The first-order chi connectivity index (χ1) is 11.4. The predicted octanol–water partition coefficient (Wildman–Crippen LogP) is 4.52. The van der Waals surface area contributed by atoms with Crippen LogP contribution < -0.4 is 4.90 Å². The van der Waals surface area contributed by atoms with Gasteiger partial charge in [0.2, 0.25) is 0 Å². The number of H-pyrrole nitrogens is 1. The van der Waals surface area contributed by atoms with Crippen LogP contribution >= 0.6 is 0 Å². The van der Waals surface area contributed by atoms with Crippen LogP contribution in [-0.4, -0.2) is 27.5 Å². The number of benzene rings is 1. The lowest BCUT2D eigenvalue weighted by atomic mass is 9.65. The first-order valence-electron chi connectivity index (χ1n) is 8.92. The van der Waals surface area contributed by atoms with Gasteiger partial charge in [-0.3, -0.25) is 0 Å². The van der Waals surface area contributed by atoms with Crippen molar-refractivity contribution in [2.45, 2.75) is 46.1 Å². The molecule has 1 aliphatic carbocycles. The molecule has 2 fully saturated rings. The van der Waals surface area contributed by atoms with Crippen LogP contribution in [0, 0.1) is 10.8 Å². The van der Waals surface area contributed by atoms with E-state index in [4.69, 9.17) is 4.98 Å².